The van der Waals surface area contributed by atoms with Gasteiger partial charge >= 0.3 is 0 Å². The zero-order valence-electron chi connectivity index (χ0n) is 14.7. The van der Waals surface area contributed by atoms with Crippen LogP contribution in [0.2, 0.25) is 0 Å². The van der Waals surface area contributed by atoms with Crippen LogP contribution in [-0.4, -0.2) is 26.1 Å². The maximum Gasteiger partial charge on any atom is 0.228 e. The van der Waals surface area contributed by atoms with E-state index in [2.05, 4.69) is 10.6 Å². The molecule has 1 amide bonds. The zero-order valence-corrected chi connectivity index (χ0v) is 15.6. The third-order valence-electron chi connectivity index (χ3n) is 3.47. The fourth-order valence-electron chi connectivity index (χ4n) is 2.21. The Morgan fingerprint density at radius 3 is 2.36 bits per heavy atom. The molecule has 0 aliphatic heterocycles. The van der Waals surface area contributed by atoms with Crippen molar-refractivity contribution in [3.63, 3.8) is 0 Å². The summed E-state index contributed by atoms with van der Waals surface area (Å²) in [6, 6.07) is 14.8. The second-order valence-corrected chi connectivity index (χ2v) is 5.45. The maximum atomic E-state index is 12.2. The summed E-state index contributed by atoms with van der Waals surface area (Å²) in [4.78, 5) is 12.2. The van der Waals surface area contributed by atoms with E-state index in [0.717, 1.165) is 5.75 Å². The molecular formula is C19H25ClN2O3. The Bertz CT molecular complexity index is 662. The summed E-state index contributed by atoms with van der Waals surface area (Å²) >= 11 is 0. The number of para-hydroxylation sites is 2. The van der Waals surface area contributed by atoms with Crippen LogP contribution in [0.15, 0.2) is 48.5 Å². The molecule has 0 aliphatic carbocycles. The van der Waals surface area contributed by atoms with E-state index in [9.17, 15) is 4.79 Å². The summed E-state index contributed by atoms with van der Waals surface area (Å²) in [6.07, 6.45) is 0. The first-order valence-corrected chi connectivity index (χ1v) is 8.09. The van der Waals surface area contributed by atoms with Gasteiger partial charge in [-0.25, -0.2) is 0 Å². The quantitative estimate of drug-likeness (QED) is 0.740. The van der Waals surface area contributed by atoms with Crippen molar-refractivity contribution < 1.29 is 14.3 Å². The van der Waals surface area contributed by atoms with E-state index in [4.69, 9.17) is 9.47 Å². The Labute approximate surface area is 155 Å². The Kier molecular flexibility index (Phi) is 8.81. The summed E-state index contributed by atoms with van der Waals surface area (Å²) in [5.41, 5.74) is 0.652. The lowest BCUT2D eigenvalue weighted by molar-refractivity contribution is -0.119. The number of nitrogens with one attached hydrogen (secondary N) is 2. The maximum absolute atomic E-state index is 12.2. The second-order valence-electron chi connectivity index (χ2n) is 5.45. The van der Waals surface area contributed by atoms with Gasteiger partial charge in [-0.3, -0.25) is 4.79 Å². The molecular weight excluding hydrogens is 340 g/mol. The zero-order chi connectivity index (χ0) is 17.4. The molecule has 1 unspecified atom stereocenters. The molecule has 2 rings (SSSR count). The van der Waals surface area contributed by atoms with E-state index in [1.54, 1.807) is 0 Å². The summed E-state index contributed by atoms with van der Waals surface area (Å²) < 4.78 is 11.3. The lowest BCUT2D eigenvalue weighted by Crippen LogP contribution is -2.28. The first kappa shape index (κ1) is 20.8. The standard InChI is InChI=1S/C19H24N2O3.ClH/c1-4-23-15-9-11-16(12-10-15)24-18-8-6-5-7-17(18)21-19(22)14(2)13-20-3;/h5-12,14,20H,4,13H2,1-3H3,(H,21,22);1H. The highest BCUT2D eigenvalue weighted by Crippen LogP contribution is 2.30. The molecule has 0 saturated carbocycles. The van der Waals surface area contributed by atoms with Gasteiger partial charge in [0, 0.05) is 12.5 Å². The van der Waals surface area contributed by atoms with Gasteiger partial charge in [-0.05, 0) is 50.4 Å². The minimum absolute atomic E-state index is 0. The average molecular weight is 365 g/mol. The van der Waals surface area contributed by atoms with E-state index >= 15 is 0 Å². The lowest BCUT2D eigenvalue weighted by Gasteiger charge is -2.15. The van der Waals surface area contributed by atoms with Crippen LogP contribution in [-0.2, 0) is 4.79 Å². The van der Waals surface area contributed by atoms with Gasteiger partial charge in [-0.2, -0.15) is 0 Å². The number of carbonyl (C=O) groups is 1. The monoisotopic (exact) mass is 364 g/mol. The molecule has 0 bridgehead atoms. The van der Waals surface area contributed by atoms with Crippen LogP contribution >= 0.6 is 12.4 Å². The third-order valence-corrected chi connectivity index (χ3v) is 3.47. The predicted molar refractivity (Wildman–Crippen MR) is 103 cm³/mol. The highest BCUT2D eigenvalue weighted by Gasteiger charge is 2.14. The van der Waals surface area contributed by atoms with Gasteiger partial charge in [-0.15, -0.1) is 12.4 Å². The van der Waals surface area contributed by atoms with Crippen LogP contribution in [0.4, 0.5) is 5.69 Å². The topological polar surface area (TPSA) is 59.6 Å². The number of anilines is 1. The largest absolute Gasteiger partial charge is 0.494 e. The van der Waals surface area contributed by atoms with Crippen molar-refractivity contribution in [1.82, 2.24) is 5.32 Å². The fraction of sp³-hybridized carbons (Fsp3) is 0.316. The van der Waals surface area contributed by atoms with Crippen molar-refractivity contribution in [2.24, 2.45) is 5.92 Å². The molecule has 0 heterocycles. The van der Waals surface area contributed by atoms with E-state index in [-0.39, 0.29) is 24.2 Å². The van der Waals surface area contributed by atoms with Crippen molar-refractivity contribution in [2.75, 3.05) is 25.5 Å². The van der Waals surface area contributed by atoms with Gasteiger partial charge in [-0.1, -0.05) is 19.1 Å². The molecule has 0 spiro atoms. The SMILES string of the molecule is CCOc1ccc(Oc2ccccc2NC(=O)C(C)CNC)cc1.Cl. The number of rotatable bonds is 8. The minimum atomic E-state index is -0.131. The van der Waals surface area contributed by atoms with Crippen molar-refractivity contribution in [3.05, 3.63) is 48.5 Å². The number of amides is 1. The predicted octanol–water partition coefficient (Wildman–Crippen LogP) is 4.09. The van der Waals surface area contributed by atoms with Gasteiger partial charge in [0.1, 0.15) is 11.5 Å². The van der Waals surface area contributed by atoms with Crippen molar-refractivity contribution >= 4 is 24.0 Å². The number of benzene rings is 2. The molecule has 136 valence electrons. The van der Waals surface area contributed by atoms with Crippen LogP contribution in [0.1, 0.15) is 13.8 Å². The lowest BCUT2D eigenvalue weighted by atomic mass is 10.1. The molecule has 25 heavy (non-hydrogen) atoms. The third kappa shape index (κ3) is 6.29. The Hall–Kier alpha value is -2.24. The van der Waals surface area contributed by atoms with Crippen LogP contribution in [0, 0.1) is 5.92 Å². The summed E-state index contributed by atoms with van der Waals surface area (Å²) in [5.74, 6) is 1.91. The molecule has 0 radical (unpaired) electrons. The Balaban J connectivity index is 0.00000312. The molecule has 2 N–H and O–H groups in total. The molecule has 6 heteroatoms. The van der Waals surface area contributed by atoms with Gasteiger partial charge in [0.15, 0.2) is 5.75 Å². The van der Waals surface area contributed by atoms with E-state index < -0.39 is 0 Å². The number of ether oxygens (including phenoxy) is 2. The molecule has 0 aromatic heterocycles. The Morgan fingerprint density at radius 2 is 1.72 bits per heavy atom. The highest BCUT2D eigenvalue weighted by atomic mass is 35.5. The normalized spacial score (nSPS) is 11.2. The molecule has 1 atom stereocenters. The van der Waals surface area contributed by atoms with E-state index in [0.29, 0.717) is 30.3 Å². The number of halogens is 1. The first-order chi connectivity index (χ1) is 11.6. The smallest absolute Gasteiger partial charge is 0.228 e. The fourth-order valence-corrected chi connectivity index (χ4v) is 2.21. The van der Waals surface area contributed by atoms with Gasteiger partial charge in [0.2, 0.25) is 5.91 Å². The number of carbonyl (C=O) groups excluding carboxylic acids is 1. The molecule has 0 saturated heterocycles. The minimum Gasteiger partial charge on any atom is -0.494 e. The van der Waals surface area contributed by atoms with Gasteiger partial charge < -0.3 is 20.1 Å². The summed E-state index contributed by atoms with van der Waals surface area (Å²) in [7, 11) is 1.83. The average Bonchev–Trinajstić information content (AvgIpc) is 2.59. The van der Waals surface area contributed by atoms with E-state index in [1.165, 1.54) is 0 Å². The molecule has 0 fully saturated rings. The molecule has 2 aromatic rings. The second kappa shape index (κ2) is 10.6. The van der Waals surface area contributed by atoms with Gasteiger partial charge in [0.05, 0.1) is 12.3 Å². The molecule has 5 nitrogen and oxygen atoms in total. The molecule has 0 aliphatic rings. The van der Waals surface area contributed by atoms with Crippen molar-refractivity contribution in [3.8, 4) is 17.2 Å². The van der Waals surface area contributed by atoms with Gasteiger partial charge in [0.25, 0.3) is 0 Å². The number of hydrogen-bond donors (Lipinski definition) is 2. The summed E-state index contributed by atoms with van der Waals surface area (Å²) in [6.45, 7) is 5.06. The highest BCUT2D eigenvalue weighted by molar-refractivity contribution is 5.93. The van der Waals surface area contributed by atoms with Crippen LogP contribution in [0.25, 0.3) is 0 Å². The summed E-state index contributed by atoms with van der Waals surface area (Å²) in [5, 5.41) is 5.92. The number of hydrogen-bond acceptors (Lipinski definition) is 4. The van der Waals surface area contributed by atoms with Crippen LogP contribution < -0.4 is 20.1 Å². The van der Waals surface area contributed by atoms with Crippen molar-refractivity contribution in [1.29, 1.82) is 0 Å². The van der Waals surface area contributed by atoms with Crippen molar-refractivity contribution in [2.45, 2.75) is 13.8 Å². The Morgan fingerprint density at radius 1 is 1.08 bits per heavy atom. The molecule has 2 aromatic carbocycles. The first-order valence-electron chi connectivity index (χ1n) is 8.09. The van der Waals surface area contributed by atoms with E-state index in [1.807, 2.05) is 69.4 Å². The van der Waals surface area contributed by atoms with Crippen LogP contribution in [0.3, 0.4) is 0 Å². The van der Waals surface area contributed by atoms with Crippen LogP contribution in [0.5, 0.6) is 17.2 Å².